The van der Waals surface area contributed by atoms with Crippen LogP contribution in [0.15, 0.2) is 52.3 Å². The number of benzene rings is 2. The quantitative estimate of drug-likeness (QED) is 0.546. The average molecular weight is 428 g/mol. The van der Waals surface area contributed by atoms with Crippen molar-refractivity contribution in [1.82, 2.24) is 4.98 Å². The number of rotatable bonds is 3. The van der Waals surface area contributed by atoms with Gasteiger partial charge in [0.25, 0.3) is 5.91 Å². The second kappa shape index (κ2) is 7.01. The monoisotopic (exact) mass is 426 g/mol. The molecule has 0 aliphatic heterocycles. The van der Waals surface area contributed by atoms with E-state index in [1.165, 1.54) is 11.3 Å². The molecule has 1 N–H and O–H groups in total. The van der Waals surface area contributed by atoms with Gasteiger partial charge in [-0.3, -0.25) is 10.1 Å². The van der Waals surface area contributed by atoms with Crippen molar-refractivity contribution < 1.29 is 4.79 Å². The molecule has 1 heterocycles. The van der Waals surface area contributed by atoms with E-state index >= 15 is 0 Å². The number of hydrogen-bond donors (Lipinski definition) is 1. The fraction of sp³-hybridized carbons (Fsp3) is 0. The summed E-state index contributed by atoms with van der Waals surface area (Å²) in [5, 5.41) is 5.71. The molecule has 0 unspecified atom stereocenters. The molecule has 0 bridgehead atoms. The molecule has 0 spiro atoms. The molecule has 7 heteroatoms. The van der Waals surface area contributed by atoms with E-state index in [1.54, 1.807) is 18.2 Å². The van der Waals surface area contributed by atoms with E-state index in [9.17, 15) is 4.79 Å². The third kappa shape index (κ3) is 3.75. The van der Waals surface area contributed by atoms with Crippen LogP contribution in [0.4, 0.5) is 5.13 Å². The molecule has 2 aromatic carbocycles. The third-order valence-electron chi connectivity index (χ3n) is 3.05. The normalized spacial score (nSPS) is 10.6. The Morgan fingerprint density at radius 3 is 2.39 bits per heavy atom. The molecule has 0 saturated heterocycles. The molecule has 0 saturated carbocycles. The predicted molar refractivity (Wildman–Crippen MR) is 99.7 cm³/mol. The lowest BCUT2D eigenvalue weighted by Gasteiger charge is -2.05. The maximum atomic E-state index is 12.3. The number of amides is 1. The Kier molecular flexibility index (Phi) is 5.02. The fourth-order valence-corrected chi connectivity index (χ4v) is 3.51. The van der Waals surface area contributed by atoms with Crippen molar-refractivity contribution in [3.05, 3.63) is 67.9 Å². The van der Waals surface area contributed by atoms with Crippen LogP contribution in [0.25, 0.3) is 11.3 Å². The maximum Gasteiger partial charge on any atom is 0.260 e. The number of carbonyl (C=O) groups excluding carboxylic acids is 1. The van der Waals surface area contributed by atoms with Crippen LogP contribution in [0.5, 0.6) is 0 Å². The number of anilines is 1. The van der Waals surface area contributed by atoms with Gasteiger partial charge in [-0.25, -0.2) is 4.98 Å². The highest BCUT2D eigenvalue weighted by molar-refractivity contribution is 9.10. The van der Waals surface area contributed by atoms with Crippen LogP contribution in [0, 0.1) is 0 Å². The summed E-state index contributed by atoms with van der Waals surface area (Å²) < 4.78 is 0.998. The first kappa shape index (κ1) is 16.5. The van der Waals surface area contributed by atoms with Crippen LogP contribution >= 0.6 is 50.5 Å². The highest BCUT2D eigenvalue weighted by atomic mass is 79.9. The van der Waals surface area contributed by atoms with Gasteiger partial charge in [0.15, 0.2) is 5.13 Å². The summed E-state index contributed by atoms with van der Waals surface area (Å²) in [5.41, 5.74) is 2.01. The van der Waals surface area contributed by atoms with Gasteiger partial charge in [0.1, 0.15) is 0 Å². The molecule has 0 fully saturated rings. The summed E-state index contributed by atoms with van der Waals surface area (Å²) in [4.78, 5) is 16.7. The van der Waals surface area contributed by atoms with E-state index in [4.69, 9.17) is 23.2 Å². The molecule has 116 valence electrons. The Morgan fingerprint density at radius 1 is 1.09 bits per heavy atom. The number of carbonyl (C=O) groups is 1. The first-order valence-electron chi connectivity index (χ1n) is 6.51. The summed E-state index contributed by atoms with van der Waals surface area (Å²) in [6, 6.07) is 12.7. The lowest BCUT2D eigenvalue weighted by Crippen LogP contribution is -2.12. The van der Waals surface area contributed by atoms with Gasteiger partial charge in [-0.05, 0) is 24.3 Å². The van der Waals surface area contributed by atoms with Gasteiger partial charge in [-0.2, -0.15) is 0 Å². The Bertz CT molecular complexity index is 845. The molecular weight excluding hydrogens is 419 g/mol. The lowest BCUT2D eigenvalue weighted by atomic mass is 10.2. The second-order valence-electron chi connectivity index (χ2n) is 4.60. The van der Waals surface area contributed by atoms with E-state index in [0.717, 1.165) is 15.7 Å². The van der Waals surface area contributed by atoms with Crippen molar-refractivity contribution in [2.24, 2.45) is 0 Å². The zero-order valence-electron chi connectivity index (χ0n) is 11.5. The van der Waals surface area contributed by atoms with Gasteiger partial charge >= 0.3 is 0 Å². The van der Waals surface area contributed by atoms with Crippen LogP contribution in [-0.2, 0) is 0 Å². The third-order valence-corrected chi connectivity index (χ3v) is 4.97. The first-order chi connectivity index (χ1) is 11.0. The van der Waals surface area contributed by atoms with Gasteiger partial charge in [0.2, 0.25) is 0 Å². The smallest absolute Gasteiger partial charge is 0.260 e. The Morgan fingerprint density at radius 2 is 1.74 bits per heavy atom. The standard InChI is InChI=1S/C16H9BrCl2N2OS/c17-10-6-4-9(5-7-10)13-8-23-16(20-13)21-15(22)14-11(18)2-1-3-12(14)19/h1-8H,(H,20,21,22). The van der Waals surface area contributed by atoms with Gasteiger partial charge in [-0.15, -0.1) is 11.3 Å². The van der Waals surface area contributed by atoms with Crippen molar-refractivity contribution in [2.45, 2.75) is 0 Å². The van der Waals surface area contributed by atoms with Crippen molar-refractivity contribution in [1.29, 1.82) is 0 Å². The van der Waals surface area contributed by atoms with Crippen molar-refractivity contribution in [3.63, 3.8) is 0 Å². The summed E-state index contributed by atoms with van der Waals surface area (Å²) in [7, 11) is 0. The van der Waals surface area contributed by atoms with E-state index in [2.05, 4.69) is 26.2 Å². The lowest BCUT2D eigenvalue weighted by molar-refractivity contribution is 0.102. The molecule has 1 amide bonds. The molecule has 0 atom stereocenters. The first-order valence-corrected chi connectivity index (χ1v) is 8.94. The molecule has 23 heavy (non-hydrogen) atoms. The summed E-state index contributed by atoms with van der Waals surface area (Å²) in [6.07, 6.45) is 0. The number of nitrogens with zero attached hydrogens (tertiary/aromatic N) is 1. The molecule has 0 radical (unpaired) electrons. The van der Waals surface area contributed by atoms with Gasteiger partial charge in [0, 0.05) is 15.4 Å². The minimum absolute atomic E-state index is 0.247. The molecule has 0 aliphatic rings. The molecule has 1 aromatic heterocycles. The SMILES string of the molecule is O=C(Nc1nc(-c2ccc(Br)cc2)cs1)c1c(Cl)cccc1Cl. The number of halogens is 3. The molecular formula is C16H9BrCl2N2OS. The van der Waals surface area contributed by atoms with Crippen molar-refractivity contribution in [3.8, 4) is 11.3 Å². The zero-order chi connectivity index (χ0) is 16.4. The minimum atomic E-state index is -0.377. The van der Waals surface area contributed by atoms with Crippen LogP contribution in [-0.4, -0.2) is 10.9 Å². The van der Waals surface area contributed by atoms with E-state index in [0.29, 0.717) is 15.2 Å². The fourth-order valence-electron chi connectivity index (χ4n) is 1.96. The van der Waals surface area contributed by atoms with E-state index in [1.807, 2.05) is 29.6 Å². The van der Waals surface area contributed by atoms with Crippen LogP contribution < -0.4 is 5.32 Å². The number of thiazole rings is 1. The summed E-state index contributed by atoms with van der Waals surface area (Å²) in [6.45, 7) is 0. The number of hydrogen-bond acceptors (Lipinski definition) is 3. The van der Waals surface area contributed by atoms with Crippen LogP contribution in [0.2, 0.25) is 10.0 Å². The molecule has 3 rings (SSSR count). The largest absolute Gasteiger partial charge is 0.298 e. The summed E-state index contributed by atoms with van der Waals surface area (Å²) in [5.74, 6) is -0.377. The highest BCUT2D eigenvalue weighted by Crippen LogP contribution is 2.28. The maximum absolute atomic E-state index is 12.3. The molecule has 3 aromatic rings. The minimum Gasteiger partial charge on any atom is -0.298 e. The second-order valence-corrected chi connectivity index (χ2v) is 7.18. The van der Waals surface area contributed by atoms with Crippen LogP contribution in [0.1, 0.15) is 10.4 Å². The highest BCUT2D eigenvalue weighted by Gasteiger charge is 2.16. The zero-order valence-corrected chi connectivity index (χ0v) is 15.4. The van der Waals surface area contributed by atoms with E-state index < -0.39 is 0 Å². The van der Waals surface area contributed by atoms with Gasteiger partial charge in [-0.1, -0.05) is 57.3 Å². The number of aromatic nitrogens is 1. The Balaban J connectivity index is 1.82. The predicted octanol–water partition coefficient (Wildman–Crippen LogP) is 6.13. The van der Waals surface area contributed by atoms with Crippen molar-refractivity contribution in [2.75, 3.05) is 5.32 Å². The molecule has 3 nitrogen and oxygen atoms in total. The average Bonchev–Trinajstić information content (AvgIpc) is 2.96. The van der Waals surface area contributed by atoms with Gasteiger partial charge in [0.05, 0.1) is 21.3 Å². The van der Waals surface area contributed by atoms with Crippen molar-refractivity contribution >= 4 is 61.5 Å². The van der Waals surface area contributed by atoms with E-state index in [-0.39, 0.29) is 11.5 Å². The van der Waals surface area contributed by atoms with Crippen LogP contribution in [0.3, 0.4) is 0 Å². The summed E-state index contributed by atoms with van der Waals surface area (Å²) >= 11 is 16.8. The Hall–Kier alpha value is -1.40. The molecule has 0 aliphatic carbocycles. The number of nitrogens with one attached hydrogen (secondary N) is 1. The van der Waals surface area contributed by atoms with Gasteiger partial charge < -0.3 is 0 Å². The Labute approximate surface area is 155 Å². The topological polar surface area (TPSA) is 42.0 Å².